The Bertz CT molecular complexity index is 930. The third-order valence-electron chi connectivity index (χ3n) is 3.43. The fraction of sp³-hybridized carbons (Fsp3) is 0.0588. The van der Waals surface area contributed by atoms with E-state index in [9.17, 15) is 9.59 Å². The van der Waals surface area contributed by atoms with Crippen LogP contribution in [0.3, 0.4) is 0 Å². The minimum atomic E-state index is -1.05. The lowest BCUT2D eigenvalue weighted by Gasteiger charge is -2.03. The number of benzene rings is 2. The second-order valence-electron chi connectivity index (χ2n) is 5.05. The van der Waals surface area contributed by atoms with Gasteiger partial charge in [-0.3, -0.25) is 4.79 Å². The van der Waals surface area contributed by atoms with Gasteiger partial charge in [0, 0.05) is 5.56 Å². The van der Waals surface area contributed by atoms with Crippen molar-refractivity contribution in [3.63, 3.8) is 0 Å². The highest BCUT2D eigenvalue weighted by molar-refractivity contribution is 5.98. The molecule has 24 heavy (non-hydrogen) atoms. The summed E-state index contributed by atoms with van der Waals surface area (Å²) < 4.78 is 1.71. The topological polar surface area (TPSA) is 96.6 Å². The molecule has 0 aliphatic rings. The predicted octanol–water partition coefficient (Wildman–Crippen LogP) is 1.88. The summed E-state index contributed by atoms with van der Waals surface area (Å²) in [6.07, 6.45) is 2.90. The summed E-state index contributed by atoms with van der Waals surface area (Å²) in [6.45, 7) is 0.0679. The summed E-state index contributed by atoms with van der Waals surface area (Å²) in [7, 11) is 0. The Hall–Kier alpha value is -3.48. The molecular weight excluding hydrogens is 308 g/mol. The Morgan fingerprint density at radius 1 is 1.17 bits per heavy atom. The summed E-state index contributed by atoms with van der Waals surface area (Å²) in [6, 6.07) is 13.9. The number of fused-ring (bicyclic) bond motifs is 1. The molecule has 7 nitrogen and oxygen atoms in total. The van der Waals surface area contributed by atoms with E-state index in [-0.39, 0.29) is 18.0 Å². The highest BCUT2D eigenvalue weighted by atomic mass is 16.4. The van der Waals surface area contributed by atoms with Crippen LogP contribution in [0.15, 0.2) is 60.0 Å². The Labute approximate surface area is 137 Å². The quantitative estimate of drug-likeness (QED) is 0.554. The first-order chi connectivity index (χ1) is 11.6. The number of amides is 1. The van der Waals surface area contributed by atoms with Crippen LogP contribution in [-0.2, 0) is 11.3 Å². The molecule has 2 aromatic carbocycles. The van der Waals surface area contributed by atoms with Crippen LogP contribution in [0.1, 0.15) is 15.9 Å². The zero-order valence-corrected chi connectivity index (χ0v) is 12.6. The van der Waals surface area contributed by atoms with Crippen molar-refractivity contribution < 1.29 is 14.7 Å². The van der Waals surface area contributed by atoms with Gasteiger partial charge in [0.2, 0.25) is 0 Å². The molecule has 1 heterocycles. The van der Waals surface area contributed by atoms with Crippen molar-refractivity contribution in [1.29, 1.82) is 0 Å². The van der Waals surface area contributed by atoms with E-state index in [1.54, 1.807) is 29.1 Å². The number of carbonyl (C=O) groups excluding carboxylic acids is 1. The van der Waals surface area contributed by atoms with E-state index in [4.69, 9.17) is 5.11 Å². The second-order valence-corrected chi connectivity index (χ2v) is 5.05. The average molecular weight is 322 g/mol. The highest BCUT2D eigenvalue weighted by Crippen LogP contribution is 2.11. The number of carboxylic acid groups (broad SMARTS) is 1. The van der Waals surface area contributed by atoms with Crippen molar-refractivity contribution in [1.82, 2.24) is 15.0 Å². The van der Waals surface area contributed by atoms with Crippen LogP contribution < -0.4 is 5.43 Å². The average Bonchev–Trinajstić information content (AvgIpc) is 2.98. The van der Waals surface area contributed by atoms with Gasteiger partial charge in [-0.05, 0) is 18.2 Å². The van der Waals surface area contributed by atoms with Gasteiger partial charge in [-0.15, -0.1) is 0 Å². The molecule has 2 N–H and O–H groups in total. The van der Waals surface area contributed by atoms with E-state index >= 15 is 0 Å². The highest BCUT2D eigenvalue weighted by Gasteiger charge is 2.08. The molecule has 0 bridgehead atoms. The number of para-hydroxylation sites is 2. The number of carbonyl (C=O) groups is 2. The normalized spacial score (nSPS) is 11.0. The number of hydrogen-bond donors (Lipinski definition) is 2. The van der Waals surface area contributed by atoms with E-state index in [0.29, 0.717) is 5.56 Å². The Morgan fingerprint density at radius 3 is 2.75 bits per heavy atom. The molecule has 3 aromatic rings. The Morgan fingerprint density at radius 2 is 1.92 bits per heavy atom. The van der Waals surface area contributed by atoms with Crippen molar-refractivity contribution in [2.75, 3.05) is 0 Å². The van der Waals surface area contributed by atoms with Gasteiger partial charge in [-0.25, -0.2) is 15.2 Å². The molecule has 0 atom stereocenters. The lowest BCUT2D eigenvalue weighted by atomic mass is 10.1. The Balaban J connectivity index is 1.67. The largest absolute Gasteiger partial charge is 0.478 e. The van der Waals surface area contributed by atoms with Crippen LogP contribution in [0.2, 0.25) is 0 Å². The lowest BCUT2D eigenvalue weighted by Crippen LogP contribution is -2.23. The number of aromatic nitrogens is 2. The maximum atomic E-state index is 12.0. The zero-order chi connectivity index (χ0) is 16.9. The number of hydrogen-bond acceptors (Lipinski definition) is 4. The predicted molar refractivity (Wildman–Crippen MR) is 88.9 cm³/mol. The third-order valence-corrected chi connectivity index (χ3v) is 3.43. The Kier molecular flexibility index (Phi) is 4.33. The fourth-order valence-electron chi connectivity index (χ4n) is 2.30. The molecule has 0 aliphatic carbocycles. The SMILES string of the molecule is O=C(Cn1cnc2ccccc21)NN=Cc1ccccc1C(=O)O. The molecule has 0 fully saturated rings. The summed E-state index contributed by atoms with van der Waals surface area (Å²) in [4.78, 5) is 27.3. The second kappa shape index (κ2) is 6.74. The van der Waals surface area contributed by atoms with Crippen LogP contribution in [0, 0.1) is 0 Å². The van der Waals surface area contributed by atoms with Crippen molar-refractivity contribution >= 4 is 29.1 Å². The number of aromatic carboxylic acids is 1. The molecule has 0 spiro atoms. The first kappa shape index (κ1) is 15.4. The number of imidazole rings is 1. The van der Waals surface area contributed by atoms with Gasteiger partial charge in [0.15, 0.2) is 0 Å². The molecule has 0 radical (unpaired) electrons. The van der Waals surface area contributed by atoms with Crippen molar-refractivity contribution in [3.8, 4) is 0 Å². The first-order valence-electron chi connectivity index (χ1n) is 7.19. The van der Waals surface area contributed by atoms with Crippen LogP contribution in [0.4, 0.5) is 0 Å². The molecule has 1 aromatic heterocycles. The zero-order valence-electron chi connectivity index (χ0n) is 12.6. The van der Waals surface area contributed by atoms with Gasteiger partial charge in [-0.1, -0.05) is 30.3 Å². The van der Waals surface area contributed by atoms with Crippen LogP contribution >= 0.6 is 0 Å². The summed E-state index contributed by atoms with van der Waals surface area (Å²) in [5.74, 6) is -1.38. The lowest BCUT2D eigenvalue weighted by molar-refractivity contribution is -0.121. The van der Waals surface area contributed by atoms with E-state index in [2.05, 4.69) is 15.5 Å². The van der Waals surface area contributed by atoms with Gasteiger partial charge in [0.05, 0.1) is 29.1 Å². The molecule has 0 saturated carbocycles. The monoisotopic (exact) mass is 322 g/mol. The fourth-order valence-corrected chi connectivity index (χ4v) is 2.30. The number of hydrazone groups is 1. The van der Waals surface area contributed by atoms with E-state index < -0.39 is 5.97 Å². The number of rotatable bonds is 5. The van der Waals surface area contributed by atoms with Crippen molar-refractivity contribution in [2.24, 2.45) is 5.10 Å². The molecule has 3 rings (SSSR count). The van der Waals surface area contributed by atoms with Gasteiger partial charge in [0.25, 0.3) is 5.91 Å². The summed E-state index contributed by atoms with van der Waals surface area (Å²) >= 11 is 0. The summed E-state index contributed by atoms with van der Waals surface area (Å²) in [5.41, 5.74) is 4.59. The standard InChI is InChI=1S/C17H14N4O3/c22-16(10-21-11-18-14-7-3-4-8-15(14)21)20-19-9-12-5-1-2-6-13(12)17(23)24/h1-9,11H,10H2,(H,20,22)(H,23,24). The molecule has 0 saturated heterocycles. The third kappa shape index (κ3) is 3.30. The van der Waals surface area contributed by atoms with Gasteiger partial charge >= 0.3 is 5.97 Å². The molecule has 7 heteroatoms. The van der Waals surface area contributed by atoms with E-state index in [1.807, 2.05) is 24.3 Å². The molecule has 0 unspecified atom stereocenters. The smallest absolute Gasteiger partial charge is 0.336 e. The van der Waals surface area contributed by atoms with Crippen LogP contribution in [0.5, 0.6) is 0 Å². The molecule has 1 amide bonds. The van der Waals surface area contributed by atoms with E-state index in [0.717, 1.165) is 11.0 Å². The minimum absolute atomic E-state index is 0.0679. The first-order valence-corrected chi connectivity index (χ1v) is 7.19. The van der Waals surface area contributed by atoms with Crippen LogP contribution in [-0.4, -0.2) is 32.7 Å². The van der Waals surface area contributed by atoms with Gasteiger partial charge in [0.1, 0.15) is 6.54 Å². The maximum absolute atomic E-state index is 12.0. The molecule has 120 valence electrons. The minimum Gasteiger partial charge on any atom is -0.478 e. The summed E-state index contributed by atoms with van der Waals surface area (Å²) in [5, 5.41) is 12.9. The number of nitrogens with zero attached hydrogens (tertiary/aromatic N) is 3. The van der Waals surface area contributed by atoms with Crippen LogP contribution in [0.25, 0.3) is 11.0 Å². The number of carboxylic acids is 1. The van der Waals surface area contributed by atoms with Gasteiger partial charge < -0.3 is 9.67 Å². The molecular formula is C17H14N4O3. The van der Waals surface area contributed by atoms with Crippen molar-refractivity contribution in [3.05, 3.63) is 66.0 Å². The van der Waals surface area contributed by atoms with Crippen molar-refractivity contribution in [2.45, 2.75) is 6.54 Å². The van der Waals surface area contributed by atoms with Gasteiger partial charge in [-0.2, -0.15) is 5.10 Å². The maximum Gasteiger partial charge on any atom is 0.336 e. The number of nitrogens with one attached hydrogen (secondary N) is 1. The molecule has 0 aliphatic heterocycles. The van der Waals surface area contributed by atoms with E-state index in [1.165, 1.54) is 12.3 Å².